The lowest BCUT2D eigenvalue weighted by molar-refractivity contribution is -0.0119. The number of hydrogen-bond acceptors (Lipinski definition) is 4. The van der Waals surface area contributed by atoms with Crippen molar-refractivity contribution < 1.29 is 9.53 Å². The van der Waals surface area contributed by atoms with Gasteiger partial charge in [0.25, 0.3) is 0 Å². The van der Waals surface area contributed by atoms with Crippen molar-refractivity contribution in [2.24, 2.45) is 0 Å². The van der Waals surface area contributed by atoms with Crippen molar-refractivity contribution in [2.45, 2.75) is 25.0 Å². The van der Waals surface area contributed by atoms with E-state index >= 15 is 0 Å². The lowest BCUT2D eigenvalue weighted by Gasteiger charge is -2.37. The minimum atomic E-state index is -0.309. The molecule has 1 spiro atoms. The maximum absolute atomic E-state index is 11.5. The second-order valence-electron chi connectivity index (χ2n) is 5.26. The van der Waals surface area contributed by atoms with Gasteiger partial charge < -0.3 is 14.6 Å². The molecule has 1 atom stereocenters. The summed E-state index contributed by atoms with van der Waals surface area (Å²) in [6.07, 6.45) is 5.41. The van der Waals surface area contributed by atoms with E-state index in [4.69, 9.17) is 4.74 Å². The van der Waals surface area contributed by atoms with E-state index in [1.807, 2.05) is 6.20 Å². The van der Waals surface area contributed by atoms with E-state index in [9.17, 15) is 4.79 Å². The number of rotatable bonds is 2. The molecule has 6 nitrogen and oxygen atoms in total. The summed E-state index contributed by atoms with van der Waals surface area (Å²) in [5.74, 6) is 0.963. The second kappa shape index (κ2) is 4.28. The lowest BCUT2D eigenvalue weighted by Crippen LogP contribution is -2.50. The molecular weight excluding hydrogens is 232 g/mol. The molecule has 3 rings (SSSR count). The SMILES string of the molecule is CN1C[C@]2(CCCN(Cc3ncc[nH]3)C2)OC1=O. The number of aromatic nitrogens is 2. The Morgan fingerprint density at radius 2 is 2.44 bits per heavy atom. The predicted molar refractivity (Wildman–Crippen MR) is 64.9 cm³/mol. The Morgan fingerprint density at radius 3 is 3.11 bits per heavy atom. The number of amides is 1. The number of nitrogens with zero attached hydrogens (tertiary/aromatic N) is 3. The van der Waals surface area contributed by atoms with Crippen LogP contribution in [-0.4, -0.2) is 58.1 Å². The van der Waals surface area contributed by atoms with Crippen LogP contribution in [0, 0.1) is 0 Å². The van der Waals surface area contributed by atoms with Gasteiger partial charge in [0.2, 0.25) is 0 Å². The first-order valence-corrected chi connectivity index (χ1v) is 6.32. The number of piperidine rings is 1. The number of ether oxygens (including phenoxy) is 1. The number of likely N-dealkylation sites (N-methyl/N-ethyl adjacent to an activating group) is 1. The number of carbonyl (C=O) groups is 1. The normalized spacial score (nSPS) is 28.9. The molecule has 6 heteroatoms. The Balaban J connectivity index is 1.67. The lowest BCUT2D eigenvalue weighted by atomic mass is 9.93. The first-order valence-electron chi connectivity index (χ1n) is 6.32. The molecule has 1 aromatic rings. The van der Waals surface area contributed by atoms with Gasteiger partial charge in [0.15, 0.2) is 0 Å². The number of imidazole rings is 1. The van der Waals surface area contributed by atoms with Gasteiger partial charge in [-0.25, -0.2) is 9.78 Å². The third-order valence-electron chi connectivity index (χ3n) is 3.69. The van der Waals surface area contributed by atoms with Gasteiger partial charge in [-0.2, -0.15) is 0 Å². The average molecular weight is 250 g/mol. The molecule has 1 N–H and O–H groups in total. The number of H-pyrrole nitrogens is 1. The minimum absolute atomic E-state index is 0.199. The number of carbonyl (C=O) groups excluding carboxylic acids is 1. The van der Waals surface area contributed by atoms with E-state index in [1.165, 1.54) is 0 Å². The summed E-state index contributed by atoms with van der Waals surface area (Å²) in [6, 6.07) is 0. The van der Waals surface area contributed by atoms with Gasteiger partial charge >= 0.3 is 6.09 Å². The molecule has 1 amide bonds. The van der Waals surface area contributed by atoms with Gasteiger partial charge in [-0.15, -0.1) is 0 Å². The van der Waals surface area contributed by atoms with Crippen molar-refractivity contribution in [2.75, 3.05) is 26.7 Å². The van der Waals surface area contributed by atoms with Crippen molar-refractivity contribution in [3.63, 3.8) is 0 Å². The summed E-state index contributed by atoms with van der Waals surface area (Å²) in [5, 5.41) is 0. The van der Waals surface area contributed by atoms with Crippen LogP contribution in [0.5, 0.6) is 0 Å². The Kier molecular flexibility index (Phi) is 2.74. The van der Waals surface area contributed by atoms with E-state index in [2.05, 4.69) is 14.9 Å². The fourth-order valence-electron chi connectivity index (χ4n) is 2.93. The van der Waals surface area contributed by atoms with Gasteiger partial charge in [-0.3, -0.25) is 4.90 Å². The third-order valence-corrected chi connectivity index (χ3v) is 3.69. The molecular formula is C12H18N4O2. The van der Waals surface area contributed by atoms with Crippen molar-refractivity contribution in [1.29, 1.82) is 0 Å². The van der Waals surface area contributed by atoms with E-state index in [-0.39, 0.29) is 11.7 Å². The summed E-state index contributed by atoms with van der Waals surface area (Å²) >= 11 is 0. The van der Waals surface area contributed by atoms with Crippen molar-refractivity contribution in [3.05, 3.63) is 18.2 Å². The smallest absolute Gasteiger partial charge is 0.410 e. The molecule has 0 aliphatic carbocycles. The monoisotopic (exact) mass is 250 g/mol. The highest BCUT2D eigenvalue weighted by Gasteiger charge is 2.46. The van der Waals surface area contributed by atoms with Gasteiger partial charge in [-0.05, 0) is 19.4 Å². The zero-order valence-corrected chi connectivity index (χ0v) is 10.6. The fourth-order valence-corrected chi connectivity index (χ4v) is 2.93. The first-order chi connectivity index (χ1) is 8.67. The Bertz CT molecular complexity index is 433. The van der Waals surface area contributed by atoms with E-state index in [1.54, 1.807) is 18.1 Å². The summed E-state index contributed by atoms with van der Waals surface area (Å²) in [5.41, 5.74) is -0.309. The maximum atomic E-state index is 11.5. The molecule has 1 aromatic heterocycles. The highest BCUT2D eigenvalue weighted by Crippen LogP contribution is 2.31. The summed E-state index contributed by atoms with van der Waals surface area (Å²) in [6.45, 7) is 3.31. The molecule has 0 aromatic carbocycles. The van der Waals surface area contributed by atoms with Crippen LogP contribution in [0.4, 0.5) is 4.79 Å². The predicted octanol–water partition coefficient (Wildman–Crippen LogP) is 0.826. The largest absolute Gasteiger partial charge is 0.440 e. The van der Waals surface area contributed by atoms with Crippen LogP contribution >= 0.6 is 0 Å². The second-order valence-corrected chi connectivity index (χ2v) is 5.26. The van der Waals surface area contributed by atoms with Crippen LogP contribution in [0.25, 0.3) is 0 Å². The Hall–Kier alpha value is -1.56. The summed E-state index contributed by atoms with van der Waals surface area (Å²) in [7, 11) is 1.79. The van der Waals surface area contributed by atoms with Crippen LogP contribution in [0.1, 0.15) is 18.7 Å². The number of nitrogens with one attached hydrogen (secondary N) is 1. The quantitative estimate of drug-likeness (QED) is 0.844. The summed E-state index contributed by atoms with van der Waals surface area (Å²) < 4.78 is 5.57. The first kappa shape index (κ1) is 11.5. The topological polar surface area (TPSA) is 61.5 Å². The molecule has 0 saturated carbocycles. The third kappa shape index (κ3) is 2.08. The molecule has 0 unspecified atom stereocenters. The highest BCUT2D eigenvalue weighted by atomic mass is 16.6. The van der Waals surface area contributed by atoms with Crippen LogP contribution in [0.15, 0.2) is 12.4 Å². The summed E-state index contributed by atoms with van der Waals surface area (Å²) in [4.78, 5) is 22.9. The molecule has 2 saturated heterocycles. The number of likely N-dealkylation sites (tertiary alicyclic amines) is 1. The zero-order chi connectivity index (χ0) is 12.6. The van der Waals surface area contributed by atoms with Crippen LogP contribution < -0.4 is 0 Å². The molecule has 0 radical (unpaired) electrons. The van der Waals surface area contributed by atoms with Crippen LogP contribution in [0.3, 0.4) is 0 Å². The van der Waals surface area contributed by atoms with E-state index in [0.29, 0.717) is 6.54 Å². The van der Waals surface area contributed by atoms with Crippen LogP contribution in [-0.2, 0) is 11.3 Å². The fraction of sp³-hybridized carbons (Fsp3) is 0.667. The molecule has 3 heterocycles. The molecule has 0 bridgehead atoms. The molecule has 2 aliphatic rings. The van der Waals surface area contributed by atoms with Crippen LogP contribution in [0.2, 0.25) is 0 Å². The molecule has 18 heavy (non-hydrogen) atoms. The minimum Gasteiger partial charge on any atom is -0.440 e. The molecule has 98 valence electrons. The average Bonchev–Trinajstić information content (AvgIpc) is 2.89. The highest BCUT2D eigenvalue weighted by molar-refractivity contribution is 5.70. The van der Waals surface area contributed by atoms with Crippen molar-refractivity contribution in [1.82, 2.24) is 19.8 Å². The van der Waals surface area contributed by atoms with Crippen molar-refractivity contribution in [3.8, 4) is 0 Å². The van der Waals surface area contributed by atoms with Gasteiger partial charge in [0, 0.05) is 26.0 Å². The van der Waals surface area contributed by atoms with E-state index in [0.717, 1.165) is 38.3 Å². The number of aromatic amines is 1. The Morgan fingerprint density at radius 1 is 1.56 bits per heavy atom. The Labute approximate surface area is 106 Å². The van der Waals surface area contributed by atoms with Gasteiger partial charge in [0.1, 0.15) is 11.4 Å². The van der Waals surface area contributed by atoms with E-state index < -0.39 is 0 Å². The van der Waals surface area contributed by atoms with Gasteiger partial charge in [-0.1, -0.05) is 0 Å². The molecule has 2 aliphatic heterocycles. The molecule has 2 fully saturated rings. The maximum Gasteiger partial charge on any atom is 0.410 e. The van der Waals surface area contributed by atoms with Crippen molar-refractivity contribution >= 4 is 6.09 Å². The van der Waals surface area contributed by atoms with Gasteiger partial charge in [0.05, 0.1) is 13.1 Å². The number of hydrogen-bond donors (Lipinski definition) is 1. The zero-order valence-electron chi connectivity index (χ0n) is 10.6. The standard InChI is InChI=1S/C12H18N4O2/c1-15-8-12(18-11(15)17)3-2-6-16(9-12)7-10-13-4-5-14-10/h4-5H,2-3,6-9H2,1H3,(H,13,14)/t12-/m0/s1.